The van der Waals surface area contributed by atoms with Crippen molar-refractivity contribution in [3.63, 3.8) is 0 Å². The lowest BCUT2D eigenvalue weighted by molar-refractivity contribution is -0.113. The summed E-state index contributed by atoms with van der Waals surface area (Å²) in [6.45, 7) is 2.93. The number of sulfonamides is 1. The molecule has 4 rings (SSSR count). The van der Waals surface area contributed by atoms with Gasteiger partial charge in [0.15, 0.2) is 4.34 Å². The fraction of sp³-hybridized carbons (Fsp3) is 0.320. The third kappa shape index (κ3) is 7.41. The molecule has 2 amide bonds. The molecule has 1 aliphatic rings. The van der Waals surface area contributed by atoms with Crippen LogP contribution in [0, 0.1) is 0 Å². The smallest absolute Gasteiger partial charge is 0.340 e. The first-order chi connectivity index (χ1) is 18.8. The van der Waals surface area contributed by atoms with Crippen molar-refractivity contribution in [2.24, 2.45) is 0 Å². The van der Waals surface area contributed by atoms with E-state index < -0.39 is 21.9 Å². The van der Waals surface area contributed by atoms with Crippen molar-refractivity contribution in [3.8, 4) is 0 Å². The van der Waals surface area contributed by atoms with E-state index in [4.69, 9.17) is 4.74 Å². The van der Waals surface area contributed by atoms with E-state index in [1.54, 1.807) is 31.2 Å². The highest BCUT2D eigenvalue weighted by Gasteiger charge is 2.26. The minimum absolute atomic E-state index is 0.00664. The highest BCUT2D eigenvalue weighted by atomic mass is 32.2. The molecule has 0 saturated carbocycles. The third-order valence-corrected chi connectivity index (χ3v) is 9.60. The van der Waals surface area contributed by atoms with E-state index in [0.717, 1.165) is 42.4 Å². The Morgan fingerprint density at radius 1 is 1.00 bits per heavy atom. The quantitative estimate of drug-likeness (QED) is 0.204. The molecule has 206 valence electrons. The first kappa shape index (κ1) is 28.7. The third-order valence-electron chi connectivity index (χ3n) is 5.72. The van der Waals surface area contributed by atoms with Gasteiger partial charge in [-0.05, 0) is 56.2 Å². The number of nitrogens with zero attached hydrogens (tertiary/aromatic N) is 3. The van der Waals surface area contributed by atoms with E-state index in [9.17, 15) is 22.8 Å². The number of ether oxygens (including phenoxy) is 1. The molecule has 3 aromatic rings. The summed E-state index contributed by atoms with van der Waals surface area (Å²) in [5.74, 6) is -1.33. The largest absolute Gasteiger partial charge is 0.462 e. The molecule has 0 unspecified atom stereocenters. The molecule has 1 fully saturated rings. The first-order valence-corrected chi connectivity index (χ1v) is 15.5. The molecule has 1 saturated heterocycles. The van der Waals surface area contributed by atoms with Crippen LogP contribution in [0.25, 0.3) is 0 Å². The predicted molar refractivity (Wildman–Crippen MR) is 149 cm³/mol. The number of aromatic nitrogens is 2. The normalized spacial score (nSPS) is 14.0. The lowest BCUT2D eigenvalue weighted by atomic mass is 10.2. The Bertz CT molecular complexity index is 1440. The number of esters is 1. The van der Waals surface area contributed by atoms with Crippen LogP contribution in [-0.4, -0.2) is 66.2 Å². The molecule has 1 aromatic heterocycles. The lowest BCUT2D eigenvalue weighted by Gasteiger charge is -2.25. The molecule has 39 heavy (non-hydrogen) atoms. The highest BCUT2D eigenvalue weighted by molar-refractivity contribution is 8.01. The number of hydrogen-bond donors (Lipinski definition) is 2. The van der Waals surface area contributed by atoms with Gasteiger partial charge in [0.25, 0.3) is 5.91 Å². The zero-order valence-electron chi connectivity index (χ0n) is 21.1. The Morgan fingerprint density at radius 2 is 1.72 bits per heavy atom. The molecule has 2 N–H and O–H groups in total. The average molecular weight is 590 g/mol. The molecule has 0 atom stereocenters. The number of nitrogens with one attached hydrogen (secondary N) is 2. The molecule has 2 heterocycles. The fourth-order valence-corrected chi connectivity index (χ4v) is 6.88. The zero-order chi connectivity index (χ0) is 27.8. The number of hydrogen-bond acceptors (Lipinski definition) is 10. The van der Waals surface area contributed by atoms with Crippen LogP contribution in [0.15, 0.2) is 57.8 Å². The number of para-hydroxylation sites is 1. The van der Waals surface area contributed by atoms with Gasteiger partial charge in [-0.1, -0.05) is 41.7 Å². The van der Waals surface area contributed by atoms with E-state index in [0.29, 0.717) is 23.1 Å². The summed E-state index contributed by atoms with van der Waals surface area (Å²) in [7, 11) is -3.58. The van der Waals surface area contributed by atoms with Gasteiger partial charge < -0.3 is 10.1 Å². The Labute approximate surface area is 234 Å². The molecule has 0 aliphatic carbocycles. The molecule has 14 heteroatoms. The van der Waals surface area contributed by atoms with Crippen molar-refractivity contribution in [1.82, 2.24) is 14.5 Å². The van der Waals surface area contributed by atoms with E-state index in [1.165, 1.54) is 28.6 Å². The van der Waals surface area contributed by atoms with Gasteiger partial charge in [0, 0.05) is 18.7 Å². The SMILES string of the molecule is CCOC(=O)c1ccccc1NC(=O)CSc1nnc(NC(=O)c2ccc(S(=O)(=O)N3CCCCC3)cc2)s1. The summed E-state index contributed by atoms with van der Waals surface area (Å²) in [5.41, 5.74) is 0.883. The van der Waals surface area contributed by atoms with Gasteiger partial charge in [0.2, 0.25) is 21.1 Å². The molecule has 0 spiro atoms. The van der Waals surface area contributed by atoms with Crippen molar-refractivity contribution in [3.05, 3.63) is 59.7 Å². The van der Waals surface area contributed by atoms with Crippen molar-refractivity contribution in [2.75, 3.05) is 36.1 Å². The summed E-state index contributed by atoms with van der Waals surface area (Å²) in [4.78, 5) is 37.3. The molecular formula is C25H27N5O6S3. The molecule has 11 nitrogen and oxygen atoms in total. The number of carbonyl (C=O) groups is 3. The lowest BCUT2D eigenvalue weighted by Crippen LogP contribution is -2.35. The number of piperidine rings is 1. The van der Waals surface area contributed by atoms with Crippen LogP contribution in [0.3, 0.4) is 0 Å². The highest BCUT2D eigenvalue weighted by Crippen LogP contribution is 2.27. The summed E-state index contributed by atoms with van der Waals surface area (Å²) >= 11 is 2.23. The number of thioether (sulfide) groups is 1. The molecule has 1 aliphatic heterocycles. The number of benzene rings is 2. The molecule has 2 aromatic carbocycles. The number of anilines is 2. The number of amides is 2. The number of carbonyl (C=O) groups excluding carboxylic acids is 3. The molecule has 0 radical (unpaired) electrons. The Hall–Kier alpha value is -3.33. The maximum atomic E-state index is 12.8. The average Bonchev–Trinajstić information content (AvgIpc) is 3.40. The van der Waals surface area contributed by atoms with Crippen LogP contribution in [0.1, 0.15) is 46.9 Å². The predicted octanol–water partition coefficient (Wildman–Crippen LogP) is 3.87. The van der Waals surface area contributed by atoms with E-state index in [2.05, 4.69) is 20.8 Å². The minimum atomic E-state index is -3.58. The number of rotatable bonds is 10. The van der Waals surface area contributed by atoms with Gasteiger partial charge in [-0.15, -0.1) is 10.2 Å². The molecular weight excluding hydrogens is 563 g/mol. The summed E-state index contributed by atoms with van der Waals surface area (Å²) in [5, 5.41) is 13.5. The van der Waals surface area contributed by atoms with Gasteiger partial charge in [-0.3, -0.25) is 14.9 Å². The van der Waals surface area contributed by atoms with Crippen LogP contribution in [-0.2, 0) is 19.6 Å². The van der Waals surface area contributed by atoms with Crippen LogP contribution in [0.2, 0.25) is 0 Å². The second-order valence-corrected chi connectivity index (χ2v) is 12.6. The summed E-state index contributed by atoms with van der Waals surface area (Å²) in [6, 6.07) is 12.3. The van der Waals surface area contributed by atoms with Gasteiger partial charge in [-0.25, -0.2) is 13.2 Å². The van der Waals surface area contributed by atoms with Crippen LogP contribution in [0.5, 0.6) is 0 Å². The van der Waals surface area contributed by atoms with Gasteiger partial charge in [0.1, 0.15) is 0 Å². The Kier molecular flexibility index (Phi) is 9.67. The second kappa shape index (κ2) is 13.2. The maximum Gasteiger partial charge on any atom is 0.340 e. The minimum Gasteiger partial charge on any atom is -0.462 e. The van der Waals surface area contributed by atoms with E-state index in [-0.39, 0.29) is 39.4 Å². The van der Waals surface area contributed by atoms with E-state index in [1.807, 2.05) is 0 Å². The van der Waals surface area contributed by atoms with Crippen molar-refractivity contribution in [2.45, 2.75) is 35.4 Å². The van der Waals surface area contributed by atoms with E-state index >= 15 is 0 Å². The topological polar surface area (TPSA) is 148 Å². The fourth-order valence-electron chi connectivity index (χ4n) is 3.81. The van der Waals surface area contributed by atoms with Crippen LogP contribution < -0.4 is 10.6 Å². The van der Waals surface area contributed by atoms with Gasteiger partial charge >= 0.3 is 5.97 Å². The second-order valence-electron chi connectivity index (χ2n) is 8.42. The Morgan fingerprint density at radius 3 is 2.44 bits per heavy atom. The first-order valence-electron chi connectivity index (χ1n) is 12.2. The van der Waals surface area contributed by atoms with Crippen molar-refractivity contribution < 1.29 is 27.5 Å². The maximum absolute atomic E-state index is 12.8. The summed E-state index contributed by atoms with van der Waals surface area (Å²) < 4.78 is 32.6. The van der Waals surface area contributed by atoms with Gasteiger partial charge in [0.05, 0.1) is 28.5 Å². The van der Waals surface area contributed by atoms with Crippen molar-refractivity contribution in [1.29, 1.82) is 0 Å². The standard InChI is InChI=1S/C25H27N5O6S3/c1-2-36-23(33)19-8-4-5-9-20(19)26-21(31)16-37-25-29-28-24(38-25)27-22(32)17-10-12-18(13-11-17)39(34,35)30-14-6-3-7-15-30/h4-5,8-13H,2-3,6-7,14-16H2,1H3,(H,26,31)(H,27,28,32). The summed E-state index contributed by atoms with van der Waals surface area (Å²) in [6.07, 6.45) is 2.71. The Balaban J connectivity index is 1.30. The van der Waals surface area contributed by atoms with Crippen LogP contribution in [0.4, 0.5) is 10.8 Å². The zero-order valence-corrected chi connectivity index (χ0v) is 23.5. The van der Waals surface area contributed by atoms with Crippen molar-refractivity contribution >= 4 is 61.7 Å². The monoisotopic (exact) mass is 589 g/mol. The molecule has 0 bridgehead atoms. The van der Waals surface area contributed by atoms with Gasteiger partial charge in [-0.2, -0.15) is 4.31 Å². The van der Waals surface area contributed by atoms with Crippen LogP contribution >= 0.6 is 23.1 Å².